The molecule has 0 radical (unpaired) electrons. The summed E-state index contributed by atoms with van der Waals surface area (Å²) in [6.45, 7) is 3.68. The van der Waals surface area contributed by atoms with E-state index in [0.29, 0.717) is 18.6 Å². The van der Waals surface area contributed by atoms with Crippen LogP contribution in [0.5, 0.6) is 0 Å². The Bertz CT molecular complexity index is 379. The molecule has 0 fully saturated rings. The van der Waals surface area contributed by atoms with Gasteiger partial charge in [0, 0.05) is 28.6 Å². The Morgan fingerprint density at radius 1 is 1.31 bits per heavy atom. The largest absolute Gasteiger partial charge is 0.260 e. The number of rotatable bonds is 7. The van der Waals surface area contributed by atoms with E-state index in [1.807, 2.05) is 13.8 Å². The minimum Gasteiger partial charge on any atom is -0.260 e. The van der Waals surface area contributed by atoms with Crippen molar-refractivity contribution >= 4 is 20.6 Å². The van der Waals surface area contributed by atoms with Gasteiger partial charge in [-0.15, -0.1) is 0 Å². The van der Waals surface area contributed by atoms with Crippen molar-refractivity contribution in [2.45, 2.75) is 26.7 Å². The molecule has 94 valence electrons. The van der Waals surface area contributed by atoms with Crippen LogP contribution in [0.2, 0.25) is 0 Å². The van der Waals surface area contributed by atoms with Crippen molar-refractivity contribution in [3.05, 3.63) is 0 Å². The van der Waals surface area contributed by atoms with Crippen LogP contribution in [0.15, 0.2) is 0 Å². The summed E-state index contributed by atoms with van der Waals surface area (Å²) in [5.41, 5.74) is -0.388. The number of nitriles is 1. The first-order chi connectivity index (χ1) is 7.16. The zero-order chi connectivity index (χ0) is 12.8. The highest BCUT2D eigenvalue weighted by Gasteiger charge is 2.16. The van der Waals surface area contributed by atoms with Crippen LogP contribution in [-0.2, 0) is 20.6 Å². The van der Waals surface area contributed by atoms with Gasteiger partial charge in [-0.25, -0.2) is 8.42 Å². The van der Waals surface area contributed by atoms with E-state index < -0.39 is 20.6 Å². The minimum atomic E-state index is -3.02. The molecule has 1 atom stereocenters. The Morgan fingerprint density at radius 3 is 2.31 bits per heavy atom. The lowest BCUT2D eigenvalue weighted by Crippen LogP contribution is -2.15. The number of nitrogens with zero attached hydrogens (tertiary/aromatic N) is 1. The van der Waals surface area contributed by atoms with Gasteiger partial charge in [0.2, 0.25) is 0 Å². The predicted molar refractivity (Wildman–Crippen MR) is 66.2 cm³/mol. The summed E-state index contributed by atoms with van der Waals surface area (Å²) in [7, 11) is -4.11. The van der Waals surface area contributed by atoms with Crippen LogP contribution in [0.1, 0.15) is 26.7 Å². The maximum absolute atomic E-state index is 11.4. The highest BCUT2D eigenvalue weighted by atomic mass is 32.2. The third-order valence-electron chi connectivity index (χ3n) is 2.16. The lowest BCUT2D eigenvalue weighted by atomic mass is 9.90. The average molecular weight is 265 g/mol. The highest BCUT2D eigenvalue weighted by molar-refractivity contribution is 7.92. The summed E-state index contributed by atoms with van der Waals surface area (Å²) < 4.78 is 33.1. The first-order valence-corrected chi connectivity index (χ1v) is 8.65. The molecule has 0 amide bonds. The fourth-order valence-electron chi connectivity index (χ4n) is 1.08. The van der Waals surface area contributed by atoms with Crippen LogP contribution in [0, 0.1) is 16.7 Å². The second-order valence-electron chi connectivity index (χ2n) is 4.58. The molecule has 0 aromatic rings. The van der Waals surface area contributed by atoms with Gasteiger partial charge >= 0.3 is 0 Å². The third kappa shape index (κ3) is 8.86. The molecule has 4 nitrogen and oxygen atoms in total. The molecular formula is C10H19NO3S2. The zero-order valence-electron chi connectivity index (χ0n) is 10.0. The Kier molecular flexibility index (Phi) is 6.19. The maximum Gasteiger partial charge on any atom is 0.148 e. The van der Waals surface area contributed by atoms with Crippen LogP contribution < -0.4 is 0 Å². The van der Waals surface area contributed by atoms with Gasteiger partial charge in [-0.1, -0.05) is 0 Å². The molecule has 0 bridgehead atoms. The van der Waals surface area contributed by atoms with Crippen LogP contribution >= 0.6 is 0 Å². The molecule has 0 N–H and O–H groups in total. The van der Waals surface area contributed by atoms with Gasteiger partial charge < -0.3 is 0 Å². The third-order valence-corrected chi connectivity index (χ3v) is 4.77. The average Bonchev–Trinajstić information content (AvgIpc) is 2.13. The Labute approximate surface area is 100 Å². The minimum absolute atomic E-state index is 0.0265. The Hall–Kier alpha value is -0.410. The first-order valence-electron chi connectivity index (χ1n) is 5.10. The molecule has 0 spiro atoms. The van der Waals surface area contributed by atoms with Crippen molar-refractivity contribution in [1.29, 1.82) is 5.26 Å². The molecule has 0 rings (SSSR count). The number of sulfone groups is 1. The second-order valence-corrected chi connectivity index (χ2v) is 8.53. The molecule has 0 heterocycles. The number of hydrogen-bond donors (Lipinski definition) is 0. The van der Waals surface area contributed by atoms with Crippen LogP contribution in [0.25, 0.3) is 0 Å². The summed E-state index contributed by atoms with van der Waals surface area (Å²) in [5.74, 6) is 0.647. The van der Waals surface area contributed by atoms with E-state index in [1.54, 1.807) is 0 Å². The van der Waals surface area contributed by atoms with Crippen molar-refractivity contribution in [3.8, 4) is 6.07 Å². The fourth-order valence-corrected chi connectivity index (χ4v) is 3.70. The van der Waals surface area contributed by atoms with E-state index in [-0.39, 0.29) is 16.9 Å². The molecule has 0 saturated carbocycles. The molecule has 0 aliphatic heterocycles. The SMILES string of the molecule is CC(C)(C#N)CCCS(=O)CCS(C)(=O)=O. The Morgan fingerprint density at radius 2 is 1.88 bits per heavy atom. The van der Waals surface area contributed by atoms with Crippen LogP contribution in [0.4, 0.5) is 0 Å². The smallest absolute Gasteiger partial charge is 0.148 e. The normalized spacial score (nSPS) is 14.4. The maximum atomic E-state index is 11.4. The van der Waals surface area contributed by atoms with Crippen molar-refractivity contribution in [2.75, 3.05) is 23.5 Å². The highest BCUT2D eigenvalue weighted by Crippen LogP contribution is 2.20. The van der Waals surface area contributed by atoms with E-state index in [0.717, 1.165) is 6.26 Å². The van der Waals surface area contributed by atoms with E-state index >= 15 is 0 Å². The van der Waals surface area contributed by atoms with E-state index in [4.69, 9.17) is 5.26 Å². The lowest BCUT2D eigenvalue weighted by molar-refractivity contribution is 0.447. The van der Waals surface area contributed by atoms with Gasteiger partial charge in [0.05, 0.1) is 17.2 Å². The molecule has 0 aliphatic carbocycles. The summed E-state index contributed by atoms with van der Waals surface area (Å²) in [6, 6.07) is 2.18. The van der Waals surface area contributed by atoms with E-state index in [9.17, 15) is 12.6 Å². The molecule has 0 aliphatic rings. The monoisotopic (exact) mass is 265 g/mol. The van der Waals surface area contributed by atoms with Crippen molar-refractivity contribution in [2.24, 2.45) is 5.41 Å². The molecule has 0 aromatic heterocycles. The van der Waals surface area contributed by atoms with Gasteiger partial charge in [-0.3, -0.25) is 4.21 Å². The van der Waals surface area contributed by atoms with E-state index in [2.05, 4.69) is 6.07 Å². The second kappa shape index (κ2) is 6.36. The topological polar surface area (TPSA) is 75.0 Å². The van der Waals surface area contributed by atoms with Crippen LogP contribution in [0.3, 0.4) is 0 Å². The molecule has 0 saturated heterocycles. The summed E-state index contributed by atoms with van der Waals surface area (Å²) in [4.78, 5) is 0. The van der Waals surface area contributed by atoms with Gasteiger partial charge in [-0.05, 0) is 26.7 Å². The number of hydrogen-bond acceptors (Lipinski definition) is 4. The van der Waals surface area contributed by atoms with Crippen molar-refractivity contribution in [3.63, 3.8) is 0 Å². The van der Waals surface area contributed by atoms with Gasteiger partial charge in [0.25, 0.3) is 0 Å². The molecule has 0 aromatic carbocycles. The summed E-state index contributed by atoms with van der Waals surface area (Å²) in [6.07, 6.45) is 2.52. The lowest BCUT2D eigenvalue weighted by Gasteiger charge is -2.13. The molecular weight excluding hydrogens is 246 g/mol. The molecule has 1 unspecified atom stereocenters. The van der Waals surface area contributed by atoms with E-state index in [1.165, 1.54) is 0 Å². The van der Waals surface area contributed by atoms with Crippen molar-refractivity contribution < 1.29 is 12.6 Å². The molecule has 6 heteroatoms. The Balaban J connectivity index is 3.81. The van der Waals surface area contributed by atoms with Crippen LogP contribution in [-0.4, -0.2) is 36.1 Å². The molecule has 16 heavy (non-hydrogen) atoms. The standard InChI is InChI=1S/C10H19NO3S2/c1-10(2,9-11)5-4-6-15(12)7-8-16(3,13)14/h4-8H2,1-3H3. The summed E-state index contributed by atoms with van der Waals surface area (Å²) >= 11 is 0. The predicted octanol–water partition coefficient (Wildman–Crippen LogP) is 1.11. The van der Waals surface area contributed by atoms with Gasteiger partial charge in [0.1, 0.15) is 9.84 Å². The quantitative estimate of drug-likeness (QED) is 0.691. The van der Waals surface area contributed by atoms with Gasteiger partial charge in [0.15, 0.2) is 0 Å². The van der Waals surface area contributed by atoms with Gasteiger partial charge in [-0.2, -0.15) is 5.26 Å². The fraction of sp³-hybridized carbons (Fsp3) is 0.900. The van der Waals surface area contributed by atoms with Crippen molar-refractivity contribution in [1.82, 2.24) is 0 Å². The summed E-state index contributed by atoms with van der Waals surface area (Å²) in [5, 5.41) is 8.76. The zero-order valence-corrected chi connectivity index (χ0v) is 11.7. The first kappa shape index (κ1) is 15.6.